The highest BCUT2D eigenvalue weighted by atomic mass is 16.5. The summed E-state index contributed by atoms with van der Waals surface area (Å²) in [5.74, 6) is 3.56. The fourth-order valence-corrected chi connectivity index (χ4v) is 2.08. The Morgan fingerprint density at radius 2 is 2.05 bits per heavy atom. The van der Waals surface area contributed by atoms with Crippen LogP contribution in [0.15, 0.2) is 53.3 Å². The smallest absolute Gasteiger partial charge is 0.259 e. The molecule has 102 valence electrons. The van der Waals surface area contributed by atoms with Crippen LogP contribution in [0.4, 0.5) is 0 Å². The molecular weight excluding hydrogens is 264 g/mol. The Labute approximate surface area is 121 Å². The normalized spacial score (nSPS) is 10.2. The van der Waals surface area contributed by atoms with Crippen LogP contribution >= 0.6 is 0 Å². The van der Waals surface area contributed by atoms with Crippen LogP contribution < -0.4 is 10.3 Å². The van der Waals surface area contributed by atoms with Crippen molar-refractivity contribution in [1.29, 1.82) is 0 Å². The molecule has 0 saturated carbocycles. The summed E-state index contributed by atoms with van der Waals surface area (Å²) in [5, 5.41) is 0.570. The molecule has 1 heterocycles. The molecule has 3 rings (SSSR count). The number of nitrogens with zero attached hydrogens (tertiary/aromatic N) is 1. The molecule has 0 unspecified atom stereocenters. The molecule has 0 radical (unpaired) electrons. The summed E-state index contributed by atoms with van der Waals surface area (Å²) in [6.07, 6.45) is 5.17. The Balaban J connectivity index is 2.08. The van der Waals surface area contributed by atoms with Crippen LogP contribution in [0, 0.1) is 12.3 Å². The number of H-pyrrole nitrogens is 1. The first-order valence-electron chi connectivity index (χ1n) is 6.44. The van der Waals surface area contributed by atoms with Crippen molar-refractivity contribution in [3.05, 3.63) is 58.9 Å². The highest BCUT2D eigenvalue weighted by Crippen LogP contribution is 2.21. The van der Waals surface area contributed by atoms with Crippen LogP contribution in [-0.4, -0.2) is 16.6 Å². The number of fused-ring (bicyclic) bond motifs is 1. The van der Waals surface area contributed by atoms with Gasteiger partial charge in [-0.05, 0) is 24.3 Å². The van der Waals surface area contributed by atoms with E-state index >= 15 is 0 Å². The second-order valence-electron chi connectivity index (χ2n) is 4.45. The van der Waals surface area contributed by atoms with Crippen molar-refractivity contribution >= 4 is 10.9 Å². The van der Waals surface area contributed by atoms with Crippen LogP contribution in [0.25, 0.3) is 22.3 Å². The maximum Gasteiger partial charge on any atom is 0.259 e. The summed E-state index contributed by atoms with van der Waals surface area (Å²) in [4.78, 5) is 19.3. The van der Waals surface area contributed by atoms with Gasteiger partial charge in [0.15, 0.2) is 0 Å². The van der Waals surface area contributed by atoms with Crippen LogP contribution in [0.2, 0.25) is 0 Å². The number of aromatic nitrogens is 2. The molecule has 0 saturated heterocycles. The van der Waals surface area contributed by atoms with Crippen molar-refractivity contribution < 1.29 is 4.74 Å². The predicted molar refractivity (Wildman–Crippen MR) is 82.1 cm³/mol. The van der Waals surface area contributed by atoms with Gasteiger partial charge in [0.2, 0.25) is 0 Å². The van der Waals surface area contributed by atoms with E-state index in [4.69, 9.17) is 11.2 Å². The van der Waals surface area contributed by atoms with E-state index in [2.05, 4.69) is 15.9 Å². The lowest BCUT2D eigenvalue weighted by atomic mass is 10.2. The molecule has 0 bridgehead atoms. The second-order valence-corrected chi connectivity index (χ2v) is 4.45. The fourth-order valence-electron chi connectivity index (χ4n) is 2.08. The van der Waals surface area contributed by atoms with Crippen LogP contribution in [-0.2, 0) is 0 Å². The van der Waals surface area contributed by atoms with E-state index in [1.165, 1.54) is 0 Å². The molecule has 0 aliphatic carbocycles. The fraction of sp³-hybridized carbons (Fsp3) is 0.0588. The summed E-state index contributed by atoms with van der Waals surface area (Å²) in [6, 6.07) is 14.5. The van der Waals surface area contributed by atoms with E-state index in [-0.39, 0.29) is 12.2 Å². The van der Waals surface area contributed by atoms with Crippen molar-refractivity contribution in [3.8, 4) is 29.5 Å². The summed E-state index contributed by atoms with van der Waals surface area (Å²) in [7, 11) is 0. The SMILES string of the molecule is C#CCOc1cccc(-c2nc3ccccc3c(=O)[nH]2)c1. The lowest BCUT2D eigenvalue weighted by Gasteiger charge is -2.06. The van der Waals surface area contributed by atoms with E-state index in [1.807, 2.05) is 30.3 Å². The van der Waals surface area contributed by atoms with Gasteiger partial charge >= 0.3 is 0 Å². The number of nitrogens with one attached hydrogen (secondary N) is 1. The molecule has 4 nitrogen and oxygen atoms in total. The van der Waals surface area contributed by atoms with Gasteiger partial charge in [-0.2, -0.15) is 0 Å². The number of aromatic amines is 1. The molecule has 0 aliphatic rings. The molecule has 1 N–H and O–H groups in total. The van der Waals surface area contributed by atoms with E-state index in [0.717, 1.165) is 5.56 Å². The lowest BCUT2D eigenvalue weighted by Crippen LogP contribution is -2.09. The summed E-state index contributed by atoms with van der Waals surface area (Å²) in [5.41, 5.74) is 1.27. The molecule has 3 aromatic rings. The summed E-state index contributed by atoms with van der Waals surface area (Å²) in [6.45, 7) is 0.200. The predicted octanol–water partition coefficient (Wildman–Crippen LogP) is 2.60. The molecule has 21 heavy (non-hydrogen) atoms. The molecule has 0 spiro atoms. The van der Waals surface area contributed by atoms with Gasteiger partial charge in [-0.25, -0.2) is 4.98 Å². The molecule has 0 aliphatic heterocycles. The Morgan fingerprint density at radius 3 is 2.90 bits per heavy atom. The highest BCUT2D eigenvalue weighted by Gasteiger charge is 2.06. The van der Waals surface area contributed by atoms with Crippen LogP contribution in [0.5, 0.6) is 5.75 Å². The first-order chi connectivity index (χ1) is 10.3. The minimum atomic E-state index is -0.162. The molecule has 0 amide bonds. The third kappa shape index (κ3) is 2.63. The molecule has 0 atom stereocenters. The van der Waals surface area contributed by atoms with E-state index in [0.29, 0.717) is 22.5 Å². The zero-order valence-electron chi connectivity index (χ0n) is 11.2. The van der Waals surface area contributed by atoms with E-state index < -0.39 is 0 Å². The first kappa shape index (κ1) is 12.9. The van der Waals surface area contributed by atoms with Gasteiger partial charge in [-0.15, -0.1) is 6.42 Å². The third-order valence-corrected chi connectivity index (χ3v) is 3.04. The van der Waals surface area contributed by atoms with Gasteiger partial charge in [-0.3, -0.25) is 4.79 Å². The van der Waals surface area contributed by atoms with Crippen molar-refractivity contribution in [1.82, 2.24) is 9.97 Å². The zero-order valence-corrected chi connectivity index (χ0v) is 11.2. The highest BCUT2D eigenvalue weighted by molar-refractivity contribution is 5.79. The summed E-state index contributed by atoms with van der Waals surface area (Å²) < 4.78 is 5.38. The molecular formula is C17H12N2O2. The van der Waals surface area contributed by atoms with Crippen molar-refractivity contribution in [2.75, 3.05) is 6.61 Å². The number of hydrogen-bond donors (Lipinski definition) is 1. The Bertz CT molecular complexity index is 891. The number of terminal acetylenes is 1. The maximum absolute atomic E-state index is 12.1. The van der Waals surface area contributed by atoms with E-state index in [1.54, 1.807) is 18.2 Å². The first-order valence-corrected chi connectivity index (χ1v) is 6.44. The standard InChI is InChI=1S/C17H12N2O2/c1-2-10-21-13-7-5-6-12(11-13)16-18-15-9-4-3-8-14(15)17(20)19-16/h1,3-9,11H,10H2,(H,18,19,20). The van der Waals surface area contributed by atoms with Crippen molar-refractivity contribution in [2.45, 2.75) is 0 Å². The minimum Gasteiger partial charge on any atom is -0.481 e. The third-order valence-electron chi connectivity index (χ3n) is 3.04. The van der Waals surface area contributed by atoms with Gasteiger partial charge in [0.25, 0.3) is 5.56 Å². The number of hydrogen-bond acceptors (Lipinski definition) is 3. The van der Waals surface area contributed by atoms with Crippen LogP contribution in [0.3, 0.4) is 0 Å². The topological polar surface area (TPSA) is 55.0 Å². The monoisotopic (exact) mass is 276 g/mol. The van der Waals surface area contributed by atoms with Gasteiger partial charge in [0, 0.05) is 5.56 Å². The maximum atomic E-state index is 12.1. The van der Waals surface area contributed by atoms with Crippen molar-refractivity contribution in [3.63, 3.8) is 0 Å². The van der Waals surface area contributed by atoms with Gasteiger partial charge in [0.05, 0.1) is 10.9 Å². The minimum absolute atomic E-state index is 0.162. The Morgan fingerprint density at radius 1 is 1.19 bits per heavy atom. The molecule has 2 aromatic carbocycles. The average Bonchev–Trinajstić information content (AvgIpc) is 2.53. The van der Waals surface area contributed by atoms with Crippen molar-refractivity contribution in [2.24, 2.45) is 0 Å². The van der Waals surface area contributed by atoms with Gasteiger partial charge in [0.1, 0.15) is 18.2 Å². The largest absolute Gasteiger partial charge is 0.481 e. The van der Waals surface area contributed by atoms with Gasteiger partial charge < -0.3 is 9.72 Å². The van der Waals surface area contributed by atoms with E-state index in [9.17, 15) is 4.79 Å². The quantitative estimate of drug-likeness (QED) is 0.748. The zero-order chi connectivity index (χ0) is 14.7. The summed E-state index contributed by atoms with van der Waals surface area (Å²) >= 11 is 0. The van der Waals surface area contributed by atoms with Gasteiger partial charge in [-0.1, -0.05) is 30.2 Å². The number of benzene rings is 2. The lowest BCUT2D eigenvalue weighted by molar-refractivity contribution is 0.370. The number of ether oxygens (including phenoxy) is 1. The molecule has 0 fully saturated rings. The number of rotatable bonds is 3. The molecule has 1 aromatic heterocycles. The average molecular weight is 276 g/mol. The Kier molecular flexibility index (Phi) is 3.40. The number of para-hydroxylation sites is 1. The molecule has 4 heteroatoms. The van der Waals surface area contributed by atoms with Crippen LogP contribution in [0.1, 0.15) is 0 Å². The second kappa shape index (κ2) is 5.51. The Hall–Kier alpha value is -3.06.